The highest BCUT2D eigenvalue weighted by molar-refractivity contribution is 7.89. The number of amides is 1. The molecule has 2 aromatic carbocycles. The molecule has 0 radical (unpaired) electrons. The summed E-state index contributed by atoms with van der Waals surface area (Å²) in [5.74, 6) is -0.946. The van der Waals surface area contributed by atoms with Crippen LogP contribution >= 0.6 is 0 Å². The molecule has 0 aliphatic carbocycles. The summed E-state index contributed by atoms with van der Waals surface area (Å²) in [5.41, 5.74) is 6.36. The molecule has 0 bridgehead atoms. The van der Waals surface area contributed by atoms with Crippen LogP contribution in [-0.2, 0) is 10.0 Å². The minimum Gasteiger partial charge on any atom is -0.397 e. The summed E-state index contributed by atoms with van der Waals surface area (Å²) < 4.78 is 39.8. The van der Waals surface area contributed by atoms with Crippen molar-refractivity contribution >= 4 is 27.3 Å². The number of halogens is 1. The van der Waals surface area contributed by atoms with Gasteiger partial charge in [-0.1, -0.05) is 6.42 Å². The number of benzene rings is 2. The number of rotatable bonds is 4. The Morgan fingerprint density at radius 1 is 1.04 bits per heavy atom. The Bertz CT molecular complexity index is 908. The first-order valence-electron chi connectivity index (χ1n) is 8.34. The van der Waals surface area contributed by atoms with E-state index in [0.29, 0.717) is 18.8 Å². The van der Waals surface area contributed by atoms with E-state index in [0.717, 1.165) is 25.3 Å². The monoisotopic (exact) mass is 377 g/mol. The Morgan fingerprint density at radius 3 is 2.31 bits per heavy atom. The largest absolute Gasteiger partial charge is 0.397 e. The smallest absolute Gasteiger partial charge is 0.255 e. The van der Waals surface area contributed by atoms with Crippen LogP contribution < -0.4 is 11.1 Å². The summed E-state index contributed by atoms with van der Waals surface area (Å²) in [6.45, 7) is 1.04. The Morgan fingerprint density at radius 2 is 1.69 bits per heavy atom. The van der Waals surface area contributed by atoms with Crippen molar-refractivity contribution in [3.63, 3.8) is 0 Å². The van der Waals surface area contributed by atoms with E-state index in [1.165, 1.54) is 40.7 Å². The molecule has 1 aliphatic heterocycles. The van der Waals surface area contributed by atoms with Gasteiger partial charge in [-0.15, -0.1) is 0 Å². The maximum absolute atomic E-state index is 13.1. The standard InChI is InChI=1S/C18H20FN3O3S/c19-14-6-9-17(16(20)12-14)21-18(23)13-4-7-15(8-5-13)26(24,25)22-10-2-1-3-11-22/h4-9,12H,1-3,10-11,20H2,(H,21,23). The first-order valence-corrected chi connectivity index (χ1v) is 9.78. The third-order valence-corrected chi connectivity index (χ3v) is 6.24. The summed E-state index contributed by atoms with van der Waals surface area (Å²) >= 11 is 0. The number of piperidine rings is 1. The molecule has 138 valence electrons. The Kier molecular flexibility index (Phi) is 5.24. The van der Waals surface area contributed by atoms with Gasteiger partial charge in [-0.05, 0) is 55.3 Å². The number of hydrogen-bond acceptors (Lipinski definition) is 4. The van der Waals surface area contributed by atoms with Crippen LogP contribution in [-0.4, -0.2) is 31.7 Å². The lowest BCUT2D eigenvalue weighted by atomic mass is 10.2. The van der Waals surface area contributed by atoms with Gasteiger partial charge in [0.2, 0.25) is 10.0 Å². The van der Waals surface area contributed by atoms with Gasteiger partial charge in [0.25, 0.3) is 5.91 Å². The van der Waals surface area contributed by atoms with E-state index in [1.54, 1.807) is 0 Å². The van der Waals surface area contributed by atoms with Gasteiger partial charge in [0.1, 0.15) is 5.82 Å². The molecule has 0 saturated carbocycles. The fourth-order valence-electron chi connectivity index (χ4n) is 2.87. The third kappa shape index (κ3) is 3.86. The molecule has 2 aromatic rings. The van der Waals surface area contributed by atoms with Crippen molar-refractivity contribution in [2.24, 2.45) is 0 Å². The highest BCUT2D eigenvalue weighted by Gasteiger charge is 2.25. The minimum atomic E-state index is -3.53. The van der Waals surface area contributed by atoms with Crippen molar-refractivity contribution < 1.29 is 17.6 Å². The topological polar surface area (TPSA) is 92.5 Å². The lowest BCUT2D eigenvalue weighted by Gasteiger charge is -2.25. The maximum Gasteiger partial charge on any atom is 0.255 e. The van der Waals surface area contributed by atoms with Crippen LogP contribution in [0.5, 0.6) is 0 Å². The second-order valence-electron chi connectivity index (χ2n) is 6.17. The summed E-state index contributed by atoms with van der Waals surface area (Å²) in [6, 6.07) is 9.43. The number of nitrogens with zero attached hydrogens (tertiary/aromatic N) is 1. The molecule has 6 nitrogen and oxygen atoms in total. The number of sulfonamides is 1. The van der Waals surface area contributed by atoms with Gasteiger partial charge in [0, 0.05) is 18.7 Å². The average molecular weight is 377 g/mol. The number of nitrogens with two attached hydrogens (primary N) is 1. The molecule has 1 aliphatic rings. The number of nitrogens with one attached hydrogen (secondary N) is 1. The van der Waals surface area contributed by atoms with Gasteiger partial charge in [-0.25, -0.2) is 12.8 Å². The van der Waals surface area contributed by atoms with Gasteiger partial charge >= 0.3 is 0 Å². The predicted octanol–water partition coefficient (Wildman–Crippen LogP) is 2.83. The molecule has 3 N–H and O–H groups in total. The van der Waals surface area contributed by atoms with Gasteiger partial charge in [0.05, 0.1) is 16.3 Å². The first kappa shape index (κ1) is 18.3. The van der Waals surface area contributed by atoms with Crippen LogP contribution in [0, 0.1) is 5.82 Å². The molecular weight excluding hydrogens is 357 g/mol. The van der Waals surface area contributed by atoms with Crippen LogP contribution in [0.4, 0.5) is 15.8 Å². The molecule has 0 aromatic heterocycles. The molecular formula is C18H20FN3O3S. The van der Waals surface area contributed by atoms with Crippen molar-refractivity contribution in [3.05, 3.63) is 53.8 Å². The average Bonchev–Trinajstić information content (AvgIpc) is 2.65. The van der Waals surface area contributed by atoms with E-state index < -0.39 is 21.7 Å². The summed E-state index contributed by atoms with van der Waals surface area (Å²) in [5, 5.41) is 2.58. The molecule has 8 heteroatoms. The molecule has 26 heavy (non-hydrogen) atoms. The van der Waals surface area contributed by atoms with E-state index in [4.69, 9.17) is 5.73 Å². The van der Waals surface area contributed by atoms with Crippen molar-refractivity contribution in [2.45, 2.75) is 24.2 Å². The van der Waals surface area contributed by atoms with Crippen molar-refractivity contribution in [3.8, 4) is 0 Å². The normalized spacial score (nSPS) is 15.6. The highest BCUT2D eigenvalue weighted by Crippen LogP contribution is 2.22. The molecule has 0 spiro atoms. The molecule has 0 atom stereocenters. The second-order valence-corrected chi connectivity index (χ2v) is 8.11. The van der Waals surface area contributed by atoms with Crippen molar-refractivity contribution in [1.29, 1.82) is 0 Å². The summed E-state index contributed by atoms with van der Waals surface area (Å²) in [6.07, 6.45) is 2.76. The highest BCUT2D eigenvalue weighted by atomic mass is 32.2. The zero-order chi connectivity index (χ0) is 18.7. The van der Waals surface area contributed by atoms with Crippen LogP contribution in [0.1, 0.15) is 29.6 Å². The maximum atomic E-state index is 13.1. The van der Waals surface area contributed by atoms with Crippen LogP contribution in [0.25, 0.3) is 0 Å². The number of carbonyl (C=O) groups excluding carboxylic acids is 1. The van der Waals surface area contributed by atoms with Crippen LogP contribution in [0.15, 0.2) is 47.4 Å². The number of hydrogen-bond donors (Lipinski definition) is 2. The first-order chi connectivity index (χ1) is 12.4. The van der Waals surface area contributed by atoms with E-state index in [-0.39, 0.29) is 16.1 Å². The number of anilines is 2. The Labute approximate surface area is 151 Å². The number of nitrogen functional groups attached to an aromatic ring is 1. The Balaban J connectivity index is 1.75. The van der Waals surface area contributed by atoms with Crippen molar-refractivity contribution in [1.82, 2.24) is 4.31 Å². The van der Waals surface area contributed by atoms with E-state index in [9.17, 15) is 17.6 Å². The van der Waals surface area contributed by atoms with E-state index in [2.05, 4.69) is 5.32 Å². The van der Waals surface area contributed by atoms with Gasteiger partial charge < -0.3 is 11.1 Å². The fraction of sp³-hybridized carbons (Fsp3) is 0.278. The van der Waals surface area contributed by atoms with E-state index in [1.807, 2.05) is 0 Å². The van der Waals surface area contributed by atoms with E-state index >= 15 is 0 Å². The Hall–Kier alpha value is -2.45. The molecule has 1 saturated heterocycles. The predicted molar refractivity (Wildman–Crippen MR) is 97.8 cm³/mol. The second kappa shape index (κ2) is 7.43. The minimum absolute atomic E-state index is 0.114. The summed E-state index contributed by atoms with van der Waals surface area (Å²) in [7, 11) is -3.53. The molecule has 1 amide bonds. The fourth-order valence-corrected chi connectivity index (χ4v) is 4.39. The lowest BCUT2D eigenvalue weighted by Crippen LogP contribution is -2.35. The third-order valence-electron chi connectivity index (χ3n) is 4.33. The zero-order valence-corrected chi connectivity index (χ0v) is 14.9. The molecule has 0 unspecified atom stereocenters. The van der Waals surface area contributed by atoms with Crippen LogP contribution in [0.2, 0.25) is 0 Å². The van der Waals surface area contributed by atoms with Gasteiger partial charge in [-0.3, -0.25) is 4.79 Å². The lowest BCUT2D eigenvalue weighted by molar-refractivity contribution is 0.102. The molecule has 1 fully saturated rings. The molecule has 1 heterocycles. The van der Waals surface area contributed by atoms with Gasteiger partial charge in [-0.2, -0.15) is 4.31 Å². The zero-order valence-electron chi connectivity index (χ0n) is 14.1. The number of carbonyl (C=O) groups is 1. The SMILES string of the molecule is Nc1cc(F)ccc1NC(=O)c1ccc(S(=O)(=O)N2CCCCC2)cc1. The van der Waals surface area contributed by atoms with Crippen molar-refractivity contribution in [2.75, 3.05) is 24.1 Å². The summed E-state index contributed by atoms with van der Waals surface area (Å²) in [4.78, 5) is 12.5. The quantitative estimate of drug-likeness (QED) is 0.802. The van der Waals surface area contributed by atoms with Crippen LogP contribution in [0.3, 0.4) is 0 Å². The van der Waals surface area contributed by atoms with Gasteiger partial charge in [0.15, 0.2) is 0 Å². The molecule has 3 rings (SSSR count).